The minimum atomic E-state index is -0.250. The van der Waals surface area contributed by atoms with E-state index in [2.05, 4.69) is 10.3 Å². The first-order valence-corrected chi connectivity index (χ1v) is 10.5. The molecule has 4 rings (SSSR count). The van der Waals surface area contributed by atoms with Crippen molar-refractivity contribution in [3.05, 3.63) is 57.4 Å². The standard InChI is InChI=1S/C23H23N3O3S/c1-13-6-5-7-14(2)22(13)25-20(27)11-26-18-10-17(23-15(3)30-16(4)24-23)8-9-19(18)29-12-21(26)28/h5-10H,11-12H2,1-4H3,(H,25,27). The molecule has 0 saturated heterocycles. The summed E-state index contributed by atoms with van der Waals surface area (Å²) in [4.78, 5) is 32.6. The zero-order chi connectivity index (χ0) is 21.4. The first-order valence-electron chi connectivity index (χ1n) is 9.71. The predicted molar refractivity (Wildman–Crippen MR) is 119 cm³/mol. The SMILES string of the molecule is Cc1nc(-c2ccc3c(c2)N(CC(=O)Nc2c(C)cccc2C)C(=O)CO3)c(C)s1. The highest BCUT2D eigenvalue weighted by atomic mass is 32.1. The quantitative estimate of drug-likeness (QED) is 0.677. The Bertz CT molecular complexity index is 1130. The van der Waals surface area contributed by atoms with Crippen LogP contribution in [0.25, 0.3) is 11.3 Å². The highest BCUT2D eigenvalue weighted by molar-refractivity contribution is 7.11. The predicted octanol–water partition coefficient (Wildman–Crippen LogP) is 4.41. The van der Waals surface area contributed by atoms with Crippen molar-refractivity contribution >= 4 is 34.5 Å². The fraction of sp³-hybridized carbons (Fsp3) is 0.261. The molecular formula is C23H23N3O3S. The van der Waals surface area contributed by atoms with Gasteiger partial charge in [-0.2, -0.15) is 0 Å². The van der Waals surface area contributed by atoms with Crippen molar-refractivity contribution in [2.45, 2.75) is 27.7 Å². The number of aryl methyl sites for hydroxylation is 4. The lowest BCUT2D eigenvalue weighted by Gasteiger charge is -2.29. The van der Waals surface area contributed by atoms with Crippen molar-refractivity contribution in [3.8, 4) is 17.0 Å². The smallest absolute Gasteiger partial charge is 0.265 e. The molecule has 0 atom stereocenters. The third kappa shape index (κ3) is 3.80. The van der Waals surface area contributed by atoms with Crippen LogP contribution in [0.2, 0.25) is 0 Å². The van der Waals surface area contributed by atoms with Gasteiger partial charge in [0, 0.05) is 16.1 Å². The number of hydrogen-bond acceptors (Lipinski definition) is 5. The van der Waals surface area contributed by atoms with E-state index in [1.807, 2.05) is 64.1 Å². The van der Waals surface area contributed by atoms with Gasteiger partial charge in [-0.05, 0) is 57.0 Å². The highest BCUT2D eigenvalue weighted by Crippen LogP contribution is 2.37. The van der Waals surface area contributed by atoms with Gasteiger partial charge in [-0.1, -0.05) is 18.2 Å². The zero-order valence-electron chi connectivity index (χ0n) is 17.4. The molecular weight excluding hydrogens is 398 g/mol. The fourth-order valence-corrected chi connectivity index (χ4v) is 4.49. The normalized spacial score (nSPS) is 13.1. The Balaban J connectivity index is 1.63. The van der Waals surface area contributed by atoms with Crippen molar-refractivity contribution < 1.29 is 14.3 Å². The van der Waals surface area contributed by atoms with Gasteiger partial charge < -0.3 is 10.1 Å². The lowest BCUT2D eigenvalue weighted by Crippen LogP contribution is -2.43. The second-order valence-corrected chi connectivity index (χ2v) is 8.81. The lowest BCUT2D eigenvalue weighted by molar-refractivity contribution is -0.123. The van der Waals surface area contributed by atoms with Crippen LogP contribution in [0, 0.1) is 27.7 Å². The number of amides is 2. The number of para-hydroxylation sites is 1. The molecule has 2 heterocycles. The average Bonchev–Trinajstić information content (AvgIpc) is 3.05. The second-order valence-electron chi connectivity index (χ2n) is 7.40. The van der Waals surface area contributed by atoms with Crippen molar-refractivity contribution in [1.82, 2.24) is 4.98 Å². The molecule has 6 nitrogen and oxygen atoms in total. The lowest BCUT2D eigenvalue weighted by atomic mass is 10.1. The molecule has 2 aromatic carbocycles. The van der Waals surface area contributed by atoms with Gasteiger partial charge in [0.05, 0.1) is 16.4 Å². The van der Waals surface area contributed by atoms with E-state index in [0.717, 1.165) is 38.0 Å². The molecule has 0 spiro atoms. The molecule has 0 unspecified atom stereocenters. The van der Waals surface area contributed by atoms with Crippen molar-refractivity contribution in [2.75, 3.05) is 23.4 Å². The van der Waals surface area contributed by atoms with Crippen LogP contribution in [0.4, 0.5) is 11.4 Å². The first-order chi connectivity index (χ1) is 14.3. The number of anilines is 2. The van der Waals surface area contributed by atoms with E-state index in [1.165, 1.54) is 4.90 Å². The van der Waals surface area contributed by atoms with E-state index >= 15 is 0 Å². The zero-order valence-corrected chi connectivity index (χ0v) is 18.2. The van der Waals surface area contributed by atoms with Crippen LogP contribution >= 0.6 is 11.3 Å². The highest BCUT2D eigenvalue weighted by Gasteiger charge is 2.28. The van der Waals surface area contributed by atoms with Gasteiger partial charge in [-0.15, -0.1) is 11.3 Å². The largest absolute Gasteiger partial charge is 0.482 e. The molecule has 1 N–H and O–H groups in total. The van der Waals surface area contributed by atoms with Crippen LogP contribution in [0.1, 0.15) is 21.0 Å². The molecule has 1 aliphatic rings. The molecule has 30 heavy (non-hydrogen) atoms. The molecule has 0 bridgehead atoms. The molecule has 7 heteroatoms. The van der Waals surface area contributed by atoms with Crippen LogP contribution in [0.5, 0.6) is 5.75 Å². The fourth-order valence-electron chi connectivity index (χ4n) is 3.65. The molecule has 0 saturated carbocycles. The van der Waals surface area contributed by atoms with Gasteiger partial charge in [-0.3, -0.25) is 14.5 Å². The summed E-state index contributed by atoms with van der Waals surface area (Å²) in [7, 11) is 0. The summed E-state index contributed by atoms with van der Waals surface area (Å²) in [5.74, 6) is 0.0880. The van der Waals surface area contributed by atoms with Crippen LogP contribution < -0.4 is 15.0 Å². The Morgan fingerprint density at radius 2 is 1.90 bits per heavy atom. The van der Waals surface area contributed by atoms with Crippen LogP contribution in [-0.4, -0.2) is 29.9 Å². The number of aromatic nitrogens is 1. The van der Waals surface area contributed by atoms with E-state index in [9.17, 15) is 9.59 Å². The third-order valence-corrected chi connectivity index (χ3v) is 6.01. The molecule has 154 valence electrons. The number of carbonyl (C=O) groups excluding carboxylic acids is 2. The van der Waals surface area contributed by atoms with Gasteiger partial charge in [0.15, 0.2) is 6.61 Å². The Kier molecular flexibility index (Phi) is 5.30. The van der Waals surface area contributed by atoms with Crippen molar-refractivity contribution in [1.29, 1.82) is 0 Å². The monoisotopic (exact) mass is 421 g/mol. The van der Waals surface area contributed by atoms with E-state index < -0.39 is 0 Å². The van der Waals surface area contributed by atoms with E-state index in [-0.39, 0.29) is 25.0 Å². The molecule has 2 amide bonds. The van der Waals surface area contributed by atoms with Crippen molar-refractivity contribution in [2.24, 2.45) is 0 Å². The Morgan fingerprint density at radius 3 is 2.57 bits per heavy atom. The molecule has 3 aromatic rings. The summed E-state index contributed by atoms with van der Waals surface area (Å²) in [5, 5.41) is 3.94. The third-order valence-electron chi connectivity index (χ3n) is 5.13. The maximum absolute atomic E-state index is 12.8. The summed E-state index contributed by atoms with van der Waals surface area (Å²) < 4.78 is 5.59. The topological polar surface area (TPSA) is 71.5 Å². The molecule has 1 aromatic heterocycles. The average molecular weight is 422 g/mol. The first kappa shape index (κ1) is 20.1. The maximum Gasteiger partial charge on any atom is 0.265 e. The Morgan fingerprint density at radius 1 is 1.17 bits per heavy atom. The van der Waals surface area contributed by atoms with Gasteiger partial charge in [0.1, 0.15) is 12.3 Å². The van der Waals surface area contributed by atoms with E-state index in [1.54, 1.807) is 11.3 Å². The number of rotatable bonds is 4. The maximum atomic E-state index is 12.8. The van der Waals surface area contributed by atoms with Gasteiger partial charge in [0.25, 0.3) is 5.91 Å². The number of nitrogens with one attached hydrogen (secondary N) is 1. The summed E-state index contributed by atoms with van der Waals surface area (Å²) in [6, 6.07) is 11.5. The van der Waals surface area contributed by atoms with E-state index in [4.69, 9.17) is 4.74 Å². The van der Waals surface area contributed by atoms with Gasteiger partial charge in [-0.25, -0.2) is 4.98 Å². The second kappa shape index (κ2) is 7.91. The number of benzene rings is 2. The molecule has 0 fully saturated rings. The molecule has 0 radical (unpaired) electrons. The summed E-state index contributed by atoms with van der Waals surface area (Å²) in [6.07, 6.45) is 0. The number of nitrogens with zero attached hydrogens (tertiary/aromatic N) is 2. The summed E-state index contributed by atoms with van der Waals surface area (Å²) in [5.41, 5.74) is 5.12. The molecule has 1 aliphatic heterocycles. The molecule has 0 aliphatic carbocycles. The number of hydrogen-bond donors (Lipinski definition) is 1. The minimum Gasteiger partial charge on any atom is -0.482 e. The van der Waals surface area contributed by atoms with Crippen LogP contribution in [-0.2, 0) is 9.59 Å². The van der Waals surface area contributed by atoms with Crippen LogP contribution in [0.3, 0.4) is 0 Å². The van der Waals surface area contributed by atoms with E-state index in [0.29, 0.717) is 11.4 Å². The van der Waals surface area contributed by atoms with Crippen LogP contribution in [0.15, 0.2) is 36.4 Å². The number of carbonyl (C=O) groups is 2. The van der Waals surface area contributed by atoms with Crippen molar-refractivity contribution in [3.63, 3.8) is 0 Å². The summed E-state index contributed by atoms with van der Waals surface area (Å²) >= 11 is 1.63. The number of ether oxygens (including phenoxy) is 1. The summed E-state index contributed by atoms with van der Waals surface area (Å²) in [6.45, 7) is 7.72. The van der Waals surface area contributed by atoms with Gasteiger partial charge in [0.2, 0.25) is 5.91 Å². The number of fused-ring (bicyclic) bond motifs is 1. The van der Waals surface area contributed by atoms with Gasteiger partial charge >= 0.3 is 0 Å². The Hall–Kier alpha value is -3.19. The number of thiazole rings is 1. The Labute approximate surface area is 179 Å². The minimum absolute atomic E-state index is 0.0818.